The highest BCUT2D eigenvalue weighted by Gasteiger charge is 2.04. The minimum Gasteiger partial charge on any atom is -0.494 e. The van der Waals surface area contributed by atoms with Gasteiger partial charge in [-0.2, -0.15) is 0 Å². The van der Waals surface area contributed by atoms with E-state index in [1.54, 1.807) is 6.26 Å². The molecule has 0 aliphatic rings. The summed E-state index contributed by atoms with van der Waals surface area (Å²) in [7, 11) is -0.748. The maximum atomic E-state index is 11.1. The van der Waals surface area contributed by atoms with Gasteiger partial charge in [0.2, 0.25) is 0 Å². The average Bonchev–Trinajstić information content (AvgIpc) is 2.26. The van der Waals surface area contributed by atoms with Crippen LogP contribution >= 0.6 is 0 Å². The molecule has 0 aliphatic heterocycles. The van der Waals surface area contributed by atoms with Crippen LogP contribution in [0.5, 0.6) is 5.75 Å². The van der Waals surface area contributed by atoms with E-state index in [4.69, 9.17) is 4.74 Å². The first kappa shape index (κ1) is 14.2. The molecule has 96 valence electrons. The molecule has 2 atom stereocenters. The van der Waals surface area contributed by atoms with Gasteiger partial charge in [-0.15, -0.1) is 0 Å². The van der Waals surface area contributed by atoms with Crippen LogP contribution < -0.4 is 10.1 Å². The van der Waals surface area contributed by atoms with Gasteiger partial charge in [-0.05, 0) is 31.5 Å². The van der Waals surface area contributed by atoms with Crippen LogP contribution in [0.2, 0.25) is 0 Å². The van der Waals surface area contributed by atoms with Gasteiger partial charge in [0.05, 0.1) is 6.61 Å². The Hall–Kier alpha value is -0.870. The van der Waals surface area contributed by atoms with Crippen molar-refractivity contribution < 1.29 is 8.95 Å². The van der Waals surface area contributed by atoms with Crippen molar-refractivity contribution in [1.29, 1.82) is 0 Å². The summed E-state index contributed by atoms with van der Waals surface area (Å²) in [4.78, 5) is 0. The van der Waals surface area contributed by atoms with Gasteiger partial charge in [0.25, 0.3) is 0 Å². The van der Waals surface area contributed by atoms with Crippen molar-refractivity contribution in [2.24, 2.45) is 0 Å². The van der Waals surface area contributed by atoms with E-state index in [1.165, 1.54) is 5.56 Å². The summed E-state index contributed by atoms with van der Waals surface area (Å²) in [6.45, 7) is 5.48. The van der Waals surface area contributed by atoms with Crippen LogP contribution in [0.15, 0.2) is 24.3 Å². The predicted octanol–water partition coefficient (Wildman–Crippen LogP) is 1.94. The molecule has 1 aromatic rings. The zero-order valence-corrected chi connectivity index (χ0v) is 11.5. The first-order valence-electron chi connectivity index (χ1n) is 5.87. The fourth-order valence-corrected chi connectivity index (χ4v) is 2.44. The Balaban J connectivity index is 2.45. The van der Waals surface area contributed by atoms with Gasteiger partial charge in [-0.3, -0.25) is 4.21 Å². The summed E-state index contributed by atoms with van der Waals surface area (Å²) in [6.07, 6.45) is 1.73. The van der Waals surface area contributed by atoms with Crippen molar-refractivity contribution in [2.75, 3.05) is 18.6 Å². The number of benzene rings is 1. The van der Waals surface area contributed by atoms with Gasteiger partial charge >= 0.3 is 0 Å². The lowest BCUT2D eigenvalue weighted by atomic mass is 10.2. The minimum absolute atomic E-state index is 0.261. The van der Waals surface area contributed by atoms with Crippen molar-refractivity contribution in [3.8, 4) is 5.75 Å². The molecule has 1 rings (SSSR count). The van der Waals surface area contributed by atoms with Crippen LogP contribution in [0.25, 0.3) is 0 Å². The summed E-state index contributed by atoms with van der Waals surface area (Å²) in [5.74, 6) is 1.59. The molecule has 0 saturated carbocycles. The number of rotatable bonds is 7. The van der Waals surface area contributed by atoms with E-state index in [-0.39, 0.29) is 6.04 Å². The summed E-state index contributed by atoms with van der Waals surface area (Å²) < 4.78 is 16.5. The van der Waals surface area contributed by atoms with E-state index in [0.717, 1.165) is 12.3 Å². The molecule has 0 aromatic heterocycles. The Morgan fingerprint density at radius 2 is 2.24 bits per heavy atom. The maximum Gasteiger partial charge on any atom is 0.119 e. The van der Waals surface area contributed by atoms with Crippen LogP contribution in [-0.2, 0) is 17.3 Å². The smallest absolute Gasteiger partial charge is 0.119 e. The largest absolute Gasteiger partial charge is 0.494 e. The Morgan fingerprint density at radius 1 is 1.47 bits per heavy atom. The highest BCUT2D eigenvalue weighted by atomic mass is 32.2. The molecular formula is C13H21NO2S. The molecule has 17 heavy (non-hydrogen) atoms. The zero-order valence-electron chi connectivity index (χ0n) is 10.7. The molecule has 0 bridgehead atoms. The molecule has 0 saturated heterocycles. The van der Waals surface area contributed by atoms with Gasteiger partial charge in [0.1, 0.15) is 5.75 Å². The molecular weight excluding hydrogens is 234 g/mol. The van der Waals surface area contributed by atoms with Crippen LogP contribution in [-0.4, -0.2) is 28.9 Å². The van der Waals surface area contributed by atoms with E-state index in [1.807, 2.05) is 32.0 Å². The standard InChI is InChI=1S/C13H21NO2S/c1-4-16-13-7-5-6-12(8-13)9-14-11(2)10-17(3)15/h5-8,11,14H,4,9-10H2,1-3H3. The SMILES string of the molecule is CCOc1cccc(CNC(C)CS(C)=O)c1. The van der Waals surface area contributed by atoms with E-state index in [0.29, 0.717) is 12.4 Å². The topological polar surface area (TPSA) is 38.3 Å². The molecule has 0 heterocycles. The lowest BCUT2D eigenvalue weighted by molar-refractivity contribution is 0.339. The molecule has 0 amide bonds. The van der Waals surface area contributed by atoms with Gasteiger partial charge < -0.3 is 10.1 Å². The number of ether oxygens (including phenoxy) is 1. The van der Waals surface area contributed by atoms with Crippen molar-refractivity contribution >= 4 is 10.8 Å². The van der Waals surface area contributed by atoms with Gasteiger partial charge in [-0.25, -0.2) is 0 Å². The zero-order chi connectivity index (χ0) is 12.7. The van der Waals surface area contributed by atoms with Crippen molar-refractivity contribution in [2.45, 2.75) is 26.4 Å². The van der Waals surface area contributed by atoms with Crippen LogP contribution in [0.1, 0.15) is 19.4 Å². The molecule has 1 aromatic carbocycles. The van der Waals surface area contributed by atoms with Crippen molar-refractivity contribution in [3.05, 3.63) is 29.8 Å². The van der Waals surface area contributed by atoms with Gasteiger partial charge in [0, 0.05) is 35.4 Å². The number of hydrogen-bond acceptors (Lipinski definition) is 3. The van der Waals surface area contributed by atoms with E-state index in [2.05, 4.69) is 11.4 Å². The molecule has 0 fully saturated rings. The second kappa shape index (κ2) is 7.45. The van der Waals surface area contributed by atoms with Crippen LogP contribution in [0, 0.1) is 0 Å². The number of nitrogens with one attached hydrogen (secondary N) is 1. The third-order valence-electron chi connectivity index (χ3n) is 2.35. The minimum atomic E-state index is -0.748. The Bertz CT molecular complexity index is 368. The van der Waals surface area contributed by atoms with Crippen LogP contribution in [0.4, 0.5) is 0 Å². The summed E-state index contributed by atoms with van der Waals surface area (Å²) in [6, 6.07) is 8.30. The molecule has 0 aliphatic carbocycles. The fourth-order valence-electron chi connectivity index (χ4n) is 1.61. The first-order valence-corrected chi connectivity index (χ1v) is 7.59. The van der Waals surface area contributed by atoms with Gasteiger partial charge in [-0.1, -0.05) is 12.1 Å². The quantitative estimate of drug-likeness (QED) is 0.809. The highest BCUT2D eigenvalue weighted by Crippen LogP contribution is 2.13. The fraction of sp³-hybridized carbons (Fsp3) is 0.538. The van der Waals surface area contributed by atoms with Crippen LogP contribution in [0.3, 0.4) is 0 Å². The van der Waals surface area contributed by atoms with E-state index in [9.17, 15) is 4.21 Å². The number of hydrogen-bond donors (Lipinski definition) is 1. The monoisotopic (exact) mass is 255 g/mol. The Morgan fingerprint density at radius 3 is 2.88 bits per heavy atom. The second-order valence-corrected chi connectivity index (χ2v) is 5.58. The second-order valence-electron chi connectivity index (χ2n) is 4.10. The third kappa shape index (κ3) is 5.84. The van der Waals surface area contributed by atoms with Crippen molar-refractivity contribution in [1.82, 2.24) is 5.32 Å². The molecule has 0 spiro atoms. The normalized spacial score (nSPS) is 14.3. The van der Waals surface area contributed by atoms with E-state index < -0.39 is 10.8 Å². The maximum absolute atomic E-state index is 11.1. The molecule has 2 unspecified atom stereocenters. The Labute approximate surface area is 106 Å². The van der Waals surface area contributed by atoms with E-state index >= 15 is 0 Å². The summed E-state index contributed by atoms with van der Waals surface area (Å²) >= 11 is 0. The van der Waals surface area contributed by atoms with Crippen molar-refractivity contribution in [3.63, 3.8) is 0 Å². The summed E-state index contributed by atoms with van der Waals surface area (Å²) in [5, 5.41) is 3.35. The Kier molecular flexibility index (Phi) is 6.22. The highest BCUT2D eigenvalue weighted by molar-refractivity contribution is 7.84. The molecule has 4 heteroatoms. The van der Waals surface area contributed by atoms with Gasteiger partial charge in [0.15, 0.2) is 0 Å². The molecule has 3 nitrogen and oxygen atoms in total. The molecule has 1 N–H and O–H groups in total. The summed E-state index contributed by atoms with van der Waals surface area (Å²) in [5.41, 5.74) is 1.18. The molecule has 0 radical (unpaired) electrons. The third-order valence-corrected chi connectivity index (χ3v) is 3.32. The lowest BCUT2D eigenvalue weighted by Gasteiger charge is -2.13. The lowest BCUT2D eigenvalue weighted by Crippen LogP contribution is -2.30. The predicted molar refractivity (Wildman–Crippen MR) is 72.8 cm³/mol. The first-order chi connectivity index (χ1) is 8.11. The average molecular weight is 255 g/mol.